The second-order valence-corrected chi connectivity index (χ2v) is 5.57. The van der Waals surface area contributed by atoms with Gasteiger partial charge in [-0.2, -0.15) is 0 Å². The van der Waals surface area contributed by atoms with Crippen LogP contribution in [0.2, 0.25) is 10.0 Å². The Morgan fingerprint density at radius 3 is 1.50 bits per heavy atom. The van der Waals surface area contributed by atoms with E-state index in [0.29, 0.717) is 10.0 Å². The summed E-state index contributed by atoms with van der Waals surface area (Å²) in [5.74, 6) is -3.87. The molecule has 0 unspecified atom stereocenters. The zero-order valence-corrected chi connectivity index (χ0v) is 16.5. The van der Waals surface area contributed by atoms with Gasteiger partial charge in [0.2, 0.25) is 0 Å². The molecule has 0 saturated heterocycles. The molecule has 2 aromatic rings. The van der Waals surface area contributed by atoms with E-state index in [-0.39, 0.29) is 42.1 Å². The van der Waals surface area contributed by atoms with Crippen LogP contribution < -0.4 is 18.9 Å². The quantitative estimate of drug-likeness (QED) is 0.323. The van der Waals surface area contributed by atoms with E-state index in [9.17, 15) is 19.2 Å². The third-order valence-corrected chi connectivity index (χ3v) is 3.37. The molecule has 7 nitrogen and oxygen atoms in total. The van der Waals surface area contributed by atoms with Crippen molar-refractivity contribution in [3.05, 3.63) is 69.7 Å². The van der Waals surface area contributed by atoms with Gasteiger partial charge in [-0.3, -0.25) is 9.59 Å². The van der Waals surface area contributed by atoms with Crippen molar-refractivity contribution >= 4 is 46.7 Å². The van der Waals surface area contributed by atoms with E-state index < -0.39 is 23.5 Å². The molecular weight excluding hydrogens is 406 g/mol. The molecule has 0 amide bonds. The van der Waals surface area contributed by atoms with Gasteiger partial charge in [0.25, 0.3) is 11.6 Å². The van der Waals surface area contributed by atoms with E-state index in [2.05, 4.69) is 4.74 Å². The minimum atomic E-state index is -1.46. The molecule has 2 N–H and O–H groups in total. The molecule has 0 spiro atoms. The van der Waals surface area contributed by atoms with Crippen LogP contribution in [0.5, 0.6) is 0 Å². The number of benzene rings is 2. The van der Waals surface area contributed by atoms with Gasteiger partial charge in [0.15, 0.2) is 0 Å². The van der Waals surface area contributed by atoms with Gasteiger partial charge in [-0.05, 0) is 55.5 Å². The van der Waals surface area contributed by atoms with E-state index in [4.69, 9.17) is 28.3 Å². The van der Waals surface area contributed by atoms with Crippen LogP contribution in [0.1, 0.15) is 27.6 Å². The minimum absolute atomic E-state index is 0. The zero-order chi connectivity index (χ0) is 19.7. The van der Waals surface area contributed by atoms with Gasteiger partial charge in [-0.25, -0.2) is 9.59 Å². The van der Waals surface area contributed by atoms with Crippen LogP contribution in [0.25, 0.3) is 0 Å². The molecule has 2 aromatic carbocycles. The fourth-order valence-electron chi connectivity index (χ4n) is 1.64. The summed E-state index contributed by atoms with van der Waals surface area (Å²) in [6.07, 6.45) is 0. The molecule has 0 bridgehead atoms. The van der Waals surface area contributed by atoms with Gasteiger partial charge < -0.3 is 15.3 Å². The number of ether oxygens (including phenoxy) is 1. The van der Waals surface area contributed by atoms with Crippen LogP contribution in [0.4, 0.5) is 0 Å². The molecule has 0 fully saturated rings. The number of ketones is 2. The SMILES string of the molecule is CCOC(=O)C(=O)c1ccc(Cl)cc1.O=C(O)C(=O)c1ccc(Cl)cc1.[Li+].[OH-]. The Kier molecular flexibility index (Phi) is 14.0. The number of Topliss-reactive ketones (excluding diaryl/α,β-unsaturated/α-hetero) is 2. The molecule has 10 heteroatoms. The van der Waals surface area contributed by atoms with E-state index in [1.807, 2.05) is 0 Å². The van der Waals surface area contributed by atoms with E-state index >= 15 is 0 Å². The number of carboxylic acid groups (broad SMARTS) is 1. The summed E-state index contributed by atoms with van der Waals surface area (Å²) in [5, 5.41) is 9.31. The third-order valence-electron chi connectivity index (χ3n) is 2.87. The van der Waals surface area contributed by atoms with Crippen molar-refractivity contribution in [3.63, 3.8) is 0 Å². The molecule has 0 aliphatic rings. The van der Waals surface area contributed by atoms with Crippen molar-refractivity contribution in [1.82, 2.24) is 0 Å². The molecule has 0 aliphatic heterocycles. The molecule has 0 saturated carbocycles. The number of rotatable bonds is 5. The summed E-state index contributed by atoms with van der Waals surface area (Å²) in [4.78, 5) is 43.4. The van der Waals surface area contributed by atoms with Crippen LogP contribution >= 0.6 is 23.2 Å². The van der Waals surface area contributed by atoms with Crippen molar-refractivity contribution in [1.29, 1.82) is 0 Å². The van der Waals surface area contributed by atoms with Crippen molar-refractivity contribution < 1.29 is 53.4 Å². The van der Waals surface area contributed by atoms with Crippen molar-refractivity contribution in [2.75, 3.05) is 6.61 Å². The van der Waals surface area contributed by atoms with Crippen LogP contribution in [-0.4, -0.2) is 40.7 Å². The summed E-state index contributed by atoms with van der Waals surface area (Å²) >= 11 is 11.2. The van der Waals surface area contributed by atoms with Gasteiger partial charge in [0.05, 0.1) is 6.61 Å². The Labute approximate surface area is 183 Å². The number of carboxylic acids is 1. The topological polar surface area (TPSA) is 128 Å². The maximum absolute atomic E-state index is 11.3. The molecule has 144 valence electrons. The molecule has 0 atom stereocenters. The first-order valence-electron chi connectivity index (χ1n) is 7.26. The number of esters is 1. The summed E-state index contributed by atoms with van der Waals surface area (Å²) in [7, 11) is 0. The second kappa shape index (κ2) is 13.9. The van der Waals surface area contributed by atoms with Crippen molar-refractivity contribution in [3.8, 4) is 0 Å². The Hall–Kier alpha value is -2.14. The maximum Gasteiger partial charge on any atom is 1.00 e. The Balaban J connectivity index is 0. The number of hydrogen-bond acceptors (Lipinski definition) is 6. The fraction of sp³-hybridized carbons (Fsp3) is 0.111. The number of aliphatic carboxylic acids is 1. The van der Waals surface area contributed by atoms with Gasteiger partial charge in [0, 0.05) is 21.2 Å². The predicted octanol–water partition coefficient (Wildman–Crippen LogP) is 0.520. The first-order valence-corrected chi connectivity index (χ1v) is 8.02. The molecule has 2 rings (SSSR count). The first kappa shape index (κ1) is 28.1. The molecule has 0 radical (unpaired) electrons. The summed E-state index contributed by atoms with van der Waals surface area (Å²) in [6, 6.07) is 11.8. The smallest absolute Gasteiger partial charge is 0.870 e. The minimum Gasteiger partial charge on any atom is -0.870 e. The van der Waals surface area contributed by atoms with Crippen molar-refractivity contribution in [2.24, 2.45) is 0 Å². The molecule has 0 aromatic heterocycles. The number of hydrogen-bond donors (Lipinski definition) is 1. The van der Waals surface area contributed by atoms with Gasteiger partial charge in [-0.1, -0.05) is 23.2 Å². The summed E-state index contributed by atoms with van der Waals surface area (Å²) in [6.45, 7) is 1.84. The maximum atomic E-state index is 11.3. The van der Waals surface area contributed by atoms with Crippen LogP contribution in [-0.2, 0) is 14.3 Å². The van der Waals surface area contributed by atoms with Crippen LogP contribution in [0, 0.1) is 0 Å². The standard InChI is InChI=1S/C10H9ClO3.C8H5ClO3.Li.H2O/c1-2-14-10(13)9(12)7-3-5-8(11)6-4-7;9-6-3-1-5(2-4-6)7(10)8(11)12;;/h3-6H,2H2,1H3;1-4H,(H,11,12);;1H2/q;;+1;/p-1. The summed E-state index contributed by atoms with van der Waals surface area (Å²) in [5.41, 5.74) is 0.416. The normalized spacial score (nSPS) is 8.82. The summed E-state index contributed by atoms with van der Waals surface area (Å²) < 4.78 is 4.57. The Morgan fingerprint density at radius 2 is 1.18 bits per heavy atom. The fourth-order valence-corrected chi connectivity index (χ4v) is 1.89. The average Bonchev–Trinajstić information content (AvgIpc) is 2.62. The van der Waals surface area contributed by atoms with Gasteiger partial charge in [0.1, 0.15) is 0 Å². The second-order valence-electron chi connectivity index (χ2n) is 4.70. The van der Waals surface area contributed by atoms with Crippen LogP contribution in [0.15, 0.2) is 48.5 Å². The van der Waals surface area contributed by atoms with E-state index in [1.54, 1.807) is 19.1 Å². The molecule has 0 aliphatic carbocycles. The van der Waals surface area contributed by atoms with Crippen molar-refractivity contribution in [2.45, 2.75) is 6.92 Å². The number of carbonyl (C=O) groups is 4. The van der Waals surface area contributed by atoms with Gasteiger partial charge >= 0.3 is 30.8 Å². The largest absolute Gasteiger partial charge is 1.00 e. The third kappa shape index (κ3) is 9.18. The Morgan fingerprint density at radius 1 is 0.821 bits per heavy atom. The zero-order valence-electron chi connectivity index (χ0n) is 15.0. The van der Waals surface area contributed by atoms with E-state index in [0.717, 1.165) is 0 Å². The predicted molar refractivity (Wildman–Crippen MR) is 97.8 cm³/mol. The number of carbonyl (C=O) groups excluding carboxylic acids is 3. The van der Waals surface area contributed by atoms with E-state index in [1.165, 1.54) is 36.4 Å². The Bertz CT molecular complexity index is 806. The average molecular weight is 421 g/mol. The molecular formula is C18H15Cl2LiO7. The molecule has 0 heterocycles. The van der Waals surface area contributed by atoms with Crippen LogP contribution in [0.3, 0.4) is 0 Å². The van der Waals surface area contributed by atoms with Gasteiger partial charge in [-0.15, -0.1) is 0 Å². The molecule has 28 heavy (non-hydrogen) atoms. The number of halogens is 2. The first-order chi connectivity index (χ1) is 12.3. The monoisotopic (exact) mass is 420 g/mol.